The Morgan fingerprint density at radius 3 is 1.82 bits per heavy atom. The van der Waals surface area contributed by atoms with Gasteiger partial charge in [-0.2, -0.15) is 0 Å². The maximum atomic E-state index is 12.1. The third-order valence-corrected chi connectivity index (χ3v) is 5.31. The van der Waals surface area contributed by atoms with Crippen molar-refractivity contribution >= 4 is 10.0 Å². The molecule has 0 aromatic heterocycles. The molecule has 152 valence electrons. The van der Waals surface area contributed by atoms with Gasteiger partial charge in [-0.25, -0.2) is 13.6 Å². The van der Waals surface area contributed by atoms with E-state index >= 15 is 0 Å². The fraction of sp³-hybridized carbons (Fsp3) is 0.300. The number of hydrogen-bond donors (Lipinski definition) is 1. The van der Waals surface area contributed by atoms with Gasteiger partial charge in [-0.3, -0.25) is 0 Å². The van der Waals surface area contributed by atoms with Gasteiger partial charge < -0.3 is 18.9 Å². The van der Waals surface area contributed by atoms with Crippen molar-refractivity contribution in [1.29, 1.82) is 0 Å². The van der Waals surface area contributed by atoms with Crippen LogP contribution in [0.15, 0.2) is 47.4 Å². The Morgan fingerprint density at radius 1 is 0.857 bits per heavy atom. The van der Waals surface area contributed by atoms with Crippen LogP contribution in [0.3, 0.4) is 0 Å². The molecule has 8 heteroatoms. The number of primary sulfonamides is 1. The zero-order valence-corrected chi connectivity index (χ0v) is 17.2. The van der Waals surface area contributed by atoms with Crippen LogP contribution in [0.4, 0.5) is 0 Å². The number of allylic oxidation sites excluding steroid dienone is 2. The summed E-state index contributed by atoms with van der Waals surface area (Å²) in [7, 11) is 2.28. The van der Waals surface area contributed by atoms with E-state index in [4.69, 9.17) is 24.1 Å². The lowest BCUT2D eigenvalue weighted by atomic mass is 10.1. The molecule has 0 fully saturated rings. The Labute approximate surface area is 165 Å². The van der Waals surface area contributed by atoms with Crippen molar-refractivity contribution in [1.82, 2.24) is 0 Å². The van der Waals surface area contributed by atoms with Crippen LogP contribution in [-0.2, 0) is 22.9 Å². The molecule has 2 rings (SSSR count). The van der Waals surface area contributed by atoms with Gasteiger partial charge in [0.05, 0.1) is 33.3 Å². The molecule has 2 aromatic rings. The van der Waals surface area contributed by atoms with E-state index in [1.165, 1.54) is 7.11 Å². The fourth-order valence-corrected chi connectivity index (χ4v) is 3.39. The average molecular weight is 407 g/mol. The van der Waals surface area contributed by atoms with Crippen LogP contribution in [0.2, 0.25) is 0 Å². The van der Waals surface area contributed by atoms with Crippen LogP contribution in [0.1, 0.15) is 11.1 Å². The van der Waals surface area contributed by atoms with Crippen LogP contribution < -0.4 is 24.1 Å². The third-order valence-electron chi connectivity index (χ3n) is 4.27. The standard InChI is InChI=1S/C20H25NO6S/c1-24-16-8-5-14(19(12-16)26-3)7-10-18(28(21,22)23)11-15-6-9-17(25-2)13-20(15)27-4/h5-6,8-10,12-13H,7,11H2,1-4H3,(H2,21,22,23)/b18-10-. The predicted octanol–water partition coefficient (Wildman–Crippen LogP) is 2.68. The van der Waals surface area contributed by atoms with E-state index in [0.717, 1.165) is 5.56 Å². The Hall–Kier alpha value is -2.71. The molecule has 0 radical (unpaired) electrons. The molecule has 0 bridgehead atoms. The van der Waals surface area contributed by atoms with E-state index in [0.29, 0.717) is 35.0 Å². The summed E-state index contributed by atoms with van der Waals surface area (Å²) in [6.07, 6.45) is 2.02. The van der Waals surface area contributed by atoms with Crippen molar-refractivity contribution in [2.24, 2.45) is 5.14 Å². The highest BCUT2D eigenvalue weighted by atomic mass is 32.2. The van der Waals surface area contributed by atoms with Crippen LogP contribution in [0.5, 0.6) is 23.0 Å². The zero-order chi connectivity index (χ0) is 20.7. The monoisotopic (exact) mass is 407 g/mol. The second-order valence-corrected chi connectivity index (χ2v) is 7.57. The van der Waals surface area contributed by atoms with Crippen molar-refractivity contribution in [2.45, 2.75) is 12.8 Å². The minimum Gasteiger partial charge on any atom is -0.497 e. The van der Waals surface area contributed by atoms with Crippen molar-refractivity contribution < 1.29 is 27.4 Å². The van der Waals surface area contributed by atoms with Crippen molar-refractivity contribution in [3.05, 3.63) is 58.5 Å². The van der Waals surface area contributed by atoms with E-state index in [1.54, 1.807) is 57.7 Å². The summed E-state index contributed by atoms with van der Waals surface area (Å²) < 4.78 is 45.3. The first-order valence-corrected chi connectivity index (χ1v) is 10.0. The molecule has 0 heterocycles. The molecule has 2 aromatic carbocycles. The fourth-order valence-electron chi connectivity index (χ4n) is 2.72. The van der Waals surface area contributed by atoms with Crippen LogP contribution in [-0.4, -0.2) is 36.9 Å². The number of ether oxygens (including phenoxy) is 4. The van der Waals surface area contributed by atoms with E-state index in [2.05, 4.69) is 0 Å². The number of methoxy groups -OCH3 is 4. The highest BCUT2D eigenvalue weighted by molar-refractivity contribution is 7.93. The van der Waals surface area contributed by atoms with Crippen molar-refractivity contribution in [2.75, 3.05) is 28.4 Å². The second-order valence-electron chi connectivity index (χ2n) is 5.95. The Bertz CT molecular complexity index is 953. The van der Waals surface area contributed by atoms with Crippen LogP contribution in [0, 0.1) is 0 Å². The van der Waals surface area contributed by atoms with Crippen molar-refractivity contribution in [3.63, 3.8) is 0 Å². The molecule has 0 saturated heterocycles. The third kappa shape index (κ3) is 5.40. The minimum atomic E-state index is -3.90. The van der Waals surface area contributed by atoms with Gasteiger partial charge in [0.25, 0.3) is 0 Å². The maximum absolute atomic E-state index is 12.1. The number of rotatable bonds is 9. The van der Waals surface area contributed by atoms with Gasteiger partial charge in [-0.1, -0.05) is 18.2 Å². The number of benzene rings is 2. The summed E-state index contributed by atoms with van der Waals surface area (Å²) in [5.41, 5.74) is 1.50. The van der Waals surface area contributed by atoms with Gasteiger partial charge in [0.15, 0.2) is 0 Å². The van der Waals surface area contributed by atoms with Gasteiger partial charge in [-0.05, 0) is 29.7 Å². The molecule has 0 spiro atoms. The number of sulfonamides is 1. The van der Waals surface area contributed by atoms with Crippen LogP contribution >= 0.6 is 0 Å². The lowest BCUT2D eigenvalue weighted by molar-refractivity contribution is 0.391. The Balaban J connectivity index is 2.35. The lowest BCUT2D eigenvalue weighted by Crippen LogP contribution is -2.17. The molecule has 0 aliphatic heterocycles. The summed E-state index contributed by atoms with van der Waals surface area (Å²) in [6, 6.07) is 10.5. The molecular formula is C20H25NO6S. The summed E-state index contributed by atoms with van der Waals surface area (Å²) >= 11 is 0. The lowest BCUT2D eigenvalue weighted by Gasteiger charge is -2.13. The topological polar surface area (TPSA) is 97.1 Å². The largest absolute Gasteiger partial charge is 0.497 e. The zero-order valence-electron chi connectivity index (χ0n) is 16.4. The summed E-state index contributed by atoms with van der Waals surface area (Å²) in [5, 5.41) is 5.44. The highest BCUT2D eigenvalue weighted by Crippen LogP contribution is 2.29. The van der Waals surface area contributed by atoms with Crippen molar-refractivity contribution in [3.8, 4) is 23.0 Å². The highest BCUT2D eigenvalue weighted by Gasteiger charge is 2.16. The molecule has 0 atom stereocenters. The smallest absolute Gasteiger partial charge is 0.234 e. The Kier molecular flexibility index (Phi) is 7.31. The molecule has 2 N–H and O–H groups in total. The predicted molar refractivity (Wildman–Crippen MR) is 108 cm³/mol. The molecule has 0 saturated carbocycles. The van der Waals surface area contributed by atoms with Gasteiger partial charge in [0.1, 0.15) is 23.0 Å². The maximum Gasteiger partial charge on any atom is 0.234 e. The normalized spacial score (nSPS) is 11.8. The van der Waals surface area contributed by atoms with Gasteiger partial charge >= 0.3 is 0 Å². The molecule has 0 aliphatic carbocycles. The molecular weight excluding hydrogens is 382 g/mol. The van der Waals surface area contributed by atoms with Gasteiger partial charge in [-0.15, -0.1) is 0 Å². The van der Waals surface area contributed by atoms with E-state index in [1.807, 2.05) is 6.07 Å². The molecule has 7 nitrogen and oxygen atoms in total. The van der Waals surface area contributed by atoms with Gasteiger partial charge in [0, 0.05) is 18.6 Å². The molecule has 0 aliphatic rings. The Morgan fingerprint density at radius 2 is 1.36 bits per heavy atom. The van der Waals surface area contributed by atoms with E-state index in [-0.39, 0.29) is 11.3 Å². The van der Waals surface area contributed by atoms with E-state index in [9.17, 15) is 8.42 Å². The first kappa shape index (κ1) is 21.6. The second kappa shape index (κ2) is 9.48. The number of nitrogens with two attached hydrogens (primary N) is 1. The molecule has 28 heavy (non-hydrogen) atoms. The van der Waals surface area contributed by atoms with E-state index < -0.39 is 10.0 Å². The summed E-state index contributed by atoms with van der Waals surface area (Å²) in [4.78, 5) is 0.0915. The minimum absolute atomic E-state index is 0.0915. The first-order valence-electron chi connectivity index (χ1n) is 8.46. The summed E-state index contributed by atoms with van der Waals surface area (Å²) in [6.45, 7) is 0. The quantitative estimate of drug-likeness (QED) is 0.686. The molecule has 0 amide bonds. The first-order chi connectivity index (χ1) is 13.3. The average Bonchev–Trinajstić information content (AvgIpc) is 2.70. The number of hydrogen-bond acceptors (Lipinski definition) is 6. The molecule has 0 unspecified atom stereocenters. The van der Waals surface area contributed by atoms with Crippen LogP contribution in [0.25, 0.3) is 0 Å². The van der Waals surface area contributed by atoms with Gasteiger partial charge in [0.2, 0.25) is 10.0 Å². The summed E-state index contributed by atoms with van der Waals surface area (Å²) in [5.74, 6) is 2.39. The SMILES string of the molecule is COc1ccc(C/C=C(/Cc2ccc(OC)cc2OC)S(N)(=O)=O)c(OC)c1.